The summed E-state index contributed by atoms with van der Waals surface area (Å²) in [6.07, 6.45) is 5.97. The Morgan fingerprint density at radius 2 is 2.11 bits per heavy atom. The minimum Gasteiger partial charge on any atom is -0.445 e. The standard InChI is InChI=1S/C15H19NO2/c1-13-8-4-3-7-11-16(13)15(17)18-12-14-9-5-2-6-10-14/h2-3,5-7,9-10,13H,4,8,11-12H2,1H3/t13-/m0/s1. The summed E-state index contributed by atoms with van der Waals surface area (Å²) >= 11 is 0. The van der Waals surface area contributed by atoms with Gasteiger partial charge < -0.3 is 9.64 Å². The highest BCUT2D eigenvalue weighted by Gasteiger charge is 2.21. The second-order valence-corrected chi connectivity index (χ2v) is 4.59. The van der Waals surface area contributed by atoms with E-state index in [1.807, 2.05) is 36.4 Å². The lowest BCUT2D eigenvalue weighted by molar-refractivity contribution is 0.0874. The van der Waals surface area contributed by atoms with Gasteiger partial charge in [0, 0.05) is 12.6 Å². The van der Waals surface area contributed by atoms with E-state index in [1.54, 1.807) is 4.90 Å². The molecule has 0 bridgehead atoms. The van der Waals surface area contributed by atoms with E-state index < -0.39 is 0 Å². The van der Waals surface area contributed by atoms with Crippen LogP contribution in [0.4, 0.5) is 4.79 Å². The Hall–Kier alpha value is -1.77. The quantitative estimate of drug-likeness (QED) is 0.748. The smallest absolute Gasteiger partial charge is 0.410 e. The molecular formula is C15H19NO2. The molecule has 0 radical (unpaired) electrons. The third-order valence-electron chi connectivity index (χ3n) is 3.19. The molecule has 1 aromatic carbocycles. The number of rotatable bonds is 2. The molecule has 96 valence electrons. The maximum Gasteiger partial charge on any atom is 0.410 e. The Bertz CT molecular complexity index is 414. The van der Waals surface area contributed by atoms with E-state index in [0.29, 0.717) is 13.2 Å². The zero-order chi connectivity index (χ0) is 12.8. The molecule has 1 aromatic rings. The second-order valence-electron chi connectivity index (χ2n) is 4.59. The number of nitrogens with zero attached hydrogens (tertiary/aromatic N) is 1. The van der Waals surface area contributed by atoms with Crippen LogP contribution in [0.15, 0.2) is 42.5 Å². The van der Waals surface area contributed by atoms with E-state index in [0.717, 1.165) is 18.4 Å². The van der Waals surface area contributed by atoms with Crippen LogP contribution in [-0.4, -0.2) is 23.6 Å². The summed E-state index contributed by atoms with van der Waals surface area (Å²) in [5.74, 6) is 0. The lowest BCUT2D eigenvalue weighted by atomic mass is 10.2. The third kappa shape index (κ3) is 3.36. The predicted molar refractivity (Wildman–Crippen MR) is 71.2 cm³/mol. The average molecular weight is 245 g/mol. The largest absolute Gasteiger partial charge is 0.445 e. The molecule has 0 fully saturated rings. The van der Waals surface area contributed by atoms with E-state index in [9.17, 15) is 4.79 Å². The molecule has 0 spiro atoms. The zero-order valence-corrected chi connectivity index (χ0v) is 10.7. The Morgan fingerprint density at radius 3 is 2.89 bits per heavy atom. The first-order valence-corrected chi connectivity index (χ1v) is 6.39. The number of carbonyl (C=O) groups is 1. The summed E-state index contributed by atoms with van der Waals surface area (Å²) in [4.78, 5) is 13.8. The summed E-state index contributed by atoms with van der Waals surface area (Å²) in [6, 6.07) is 10.00. The number of hydrogen-bond acceptors (Lipinski definition) is 2. The van der Waals surface area contributed by atoms with Crippen molar-refractivity contribution in [3.8, 4) is 0 Å². The first-order valence-electron chi connectivity index (χ1n) is 6.39. The molecule has 0 N–H and O–H groups in total. The van der Waals surface area contributed by atoms with Gasteiger partial charge in [-0.15, -0.1) is 0 Å². The van der Waals surface area contributed by atoms with Crippen molar-refractivity contribution in [1.82, 2.24) is 4.90 Å². The molecule has 3 nitrogen and oxygen atoms in total. The van der Waals surface area contributed by atoms with Gasteiger partial charge in [-0.3, -0.25) is 0 Å². The minimum atomic E-state index is -0.224. The van der Waals surface area contributed by atoms with E-state index >= 15 is 0 Å². The molecule has 0 aliphatic carbocycles. The van der Waals surface area contributed by atoms with Crippen LogP contribution in [0.2, 0.25) is 0 Å². The van der Waals surface area contributed by atoms with E-state index in [1.165, 1.54) is 0 Å². The summed E-state index contributed by atoms with van der Waals surface area (Å²) in [5, 5.41) is 0. The molecule has 1 aliphatic heterocycles. The predicted octanol–water partition coefficient (Wildman–Crippen LogP) is 3.36. The van der Waals surface area contributed by atoms with Gasteiger partial charge in [0.15, 0.2) is 0 Å². The summed E-state index contributed by atoms with van der Waals surface area (Å²) in [6.45, 7) is 3.05. The molecular weight excluding hydrogens is 226 g/mol. The van der Waals surface area contributed by atoms with Crippen LogP contribution in [0.25, 0.3) is 0 Å². The molecule has 0 unspecified atom stereocenters. The van der Waals surface area contributed by atoms with Gasteiger partial charge in [0.2, 0.25) is 0 Å². The number of amides is 1. The van der Waals surface area contributed by atoms with Crippen LogP contribution < -0.4 is 0 Å². The molecule has 0 saturated carbocycles. The number of ether oxygens (including phenoxy) is 1. The SMILES string of the molecule is C[C@H]1CCC=CCN1C(=O)OCc1ccccc1. The van der Waals surface area contributed by atoms with Crippen LogP contribution in [-0.2, 0) is 11.3 Å². The molecule has 1 aliphatic rings. The topological polar surface area (TPSA) is 29.5 Å². The fourth-order valence-electron chi connectivity index (χ4n) is 2.04. The van der Waals surface area contributed by atoms with Gasteiger partial charge in [0.25, 0.3) is 0 Å². The van der Waals surface area contributed by atoms with Gasteiger partial charge in [-0.1, -0.05) is 42.5 Å². The molecule has 18 heavy (non-hydrogen) atoms. The number of benzene rings is 1. The van der Waals surface area contributed by atoms with Gasteiger partial charge in [-0.25, -0.2) is 4.79 Å². The summed E-state index contributed by atoms with van der Waals surface area (Å²) in [5.41, 5.74) is 1.02. The third-order valence-corrected chi connectivity index (χ3v) is 3.19. The van der Waals surface area contributed by atoms with Crippen molar-refractivity contribution in [3.63, 3.8) is 0 Å². The van der Waals surface area contributed by atoms with Crippen molar-refractivity contribution in [3.05, 3.63) is 48.0 Å². The van der Waals surface area contributed by atoms with Crippen LogP contribution in [0.3, 0.4) is 0 Å². The molecule has 1 atom stereocenters. The number of carbonyl (C=O) groups excluding carboxylic acids is 1. The van der Waals surface area contributed by atoms with E-state index in [4.69, 9.17) is 4.74 Å². The number of allylic oxidation sites excluding steroid dienone is 1. The van der Waals surface area contributed by atoms with Gasteiger partial charge in [0.1, 0.15) is 6.61 Å². The molecule has 1 amide bonds. The van der Waals surface area contributed by atoms with Crippen LogP contribution >= 0.6 is 0 Å². The van der Waals surface area contributed by atoms with Crippen molar-refractivity contribution in [1.29, 1.82) is 0 Å². The summed E-state index contributed by atoms with van der Waals surface area (Å²) in [7, 11) is 0. The van der Waals surface area contributed by atoms with Crippen molar-refractivity contribution in [2.45, 2.75) is 32.4 Å². The van der Waals surface area contributed by atoms with Crippen molar-refractivity contribution in [2.75, 3.05) is 6.54 Å². The van der Waals surface area contributed by atoms with Crippen LogP contribution in [0, 0.1) is 0 Å². The van der Waals surface area contributed by atoms with Gasteiger partial charge in [-0.05, 0) is 25.3 Å². The minimum absolute atomic E-state index is 0.224. The highest BCUT2D eigenvalue weighted by Crippen LogP contribution is 2.13. The van der Waals surface area contributed by atoms with Crippen molar-refractivity contribution in [2.24, 2.45) is 0 Å². The van der Waals surface area contributed by atoms with E-state index in [2.05, 4.69) is 13.0 Å². The summed E-state index contributed by atoms with van der Waals surface area (Å²) < 4.78 is 5.35. The van der Waals surface area contributed by atoms with Crippen molar-refractivity contribution >= 4 is 6.09 Å². The van der Waals surface area contributed by atoms with E-state index in [-0.39, 0.29) is 12.1 Å². The second kappa shape index (κ2) is 6.24. The lowest BCUT2D eigenvalue weighted by Crippen LogP contribution is -2.38. The molecule has 1 heterocycles. The lowest BCUT2D eigenvalue weighted by Gasteiger charge is -2.25. The molecule has 0 saturated heterocycles. The normalized spacial score (nSPS) is 19.4. The zero-order valence-electron chi connectivity index (χ0n) is 10.7. The highest BCUT2D eigenvalue weighted by atomic mass is 16.6. The first kappa shape index (κ1) is 12.7. The number of hydrogen-bond donors (Lipinski definition) is 0. The molecule has 2 rings (SSSR count). The molecule has 0 aromatic heterocycles. The fraction of sp³-hybridized carbons (Fsp3) is 0.400. The maximum atomic E-state index is 12.0. The van der Waals surface area contributed by atoms with Crippen LogP contribution in [0.5, 0.6) is 0 Å². The van der Waals surface area contributed by atoms with Crippen molar-refractivity contribution < 1.29 is 9.53 Å². The van der Waals surface area contributed by atoms with Crippen LogP contribution in [0.1, 0.15) is 25.3 Å². The maximum absolute atomic E-state index is 12.0. The Kier molecular flexibility index (Phi) is 4.40. The average Bonchev–Trinajstić information content (AvgIpc) is 2.62. The fourth-order valence-corrected chi connectivity index (χ4v) is 2.04. The van der Waals surface area contributed by atoms with Gasteiger partial charge >= 0.3 is 6.09 Å². The Morgan fingerprint density at radius 1 is 1.33 bits per heavy atom. The van der Waals surface area contributed by atoms with Gasteiger partial charge in [0.05, 0.1) is 0 Å². The highest BCUT2D eigenvalue weighted by molar-refractivity contribution is 5.68. The molecule has 3 heteroatoms. The van der Waals surface area contributed by atoms with Gasteiger partial charge in [-0.2, -0.15) is 0 Å². The Balaban J connectivity index is 1.89. The Labute approximate surface area is 108 Å². The first-order chi connectivity index (χ1) is 8.77. The monoisotopic (exact) mass is 245 g/mol.